The molecule has 1 aliphatic rings. The normalized spacial score (nSPS) is 14.9. The fourth-order valence-corrected chi connectivity index (χ4v) is 2.42. The number of amides is 1. The van der Waals surface area contributed by atoms with Gasteiger partial charge in [-0.25, -0.2) is 4.79 Å². The van der Waals surface area contributed by atoms with Crippen molar-refractivity contribution < 1.29 is 19.4 Å². The van der Waals surface area contributed by atoms with E-state index in [0.29, 0.717) is 18.7 Å². The quantitative estimate of drug-likeness (QED) is 0.836. The van der Waals surface area contributed by atoms with Crippen molar-refractivity contribution in [3.05, 3.63) is 23.8 Å². The van der Waals surface area contributed by atoms with Crippen LogP contribution in [0.25, 0.3) is 0 Å². The van der Waals surface area contributed by atoms with Crippen molar-refractivity contribution in [1.29, 1.82) is 0 Å². The molecule has 1 fully saturated rings. The predicted molar refractivity (Wildman–Crippen MR) is 78.9 cm³/mol. The Kier molecular flexibility index (Phi) is 5.16. The lowest BCUT2D eigenvalue weighted by molar-refractivity contribution is -0.116. The summed E-state index contributed by atoms with van der Waals surface area (Å²) in [6.45, 7) is 2.78. The van der Waals surface area contributed by atoms with E-state index < -0.39 is 5.97 Å². The Morgan fingerprint density at radius 3 is 2.67 bits per heavy atom. The third kappa shape index (κ3) is 4.19. The predicted octanol–water partition coefficient (Wildman–Crippen LogP) is 1.82. The van der Waals surface area contributed by atoms with Gasteiger partial charge in [0.1, 0.15) is 5.75 Å². The molecular weight excluding hydrogens is 272 g/mol. The van der Waals surface area contributed by atoms with Crippen LogP contribution < -0.4 is 10.1 Å². The van der Waals surface area contributed by atoms with Gasteiger partial charge in [0.05, 0.1) is 18.4 Å². The van der Waals surface area contributed by atoms with Crippen molar-refractivity contribution in [3.63, 3.8) is 0 Å². The fraction of sp³-hybridized carbons (Fsp3) is 0.467. The SMILES string of the molecule is COc1ccc(C(=O)O)c(NC(=O)CCN2CCCC2)c1. The summed E-state index contributed by atoms with van der Waals surface area (Å²) in [6, 6.07) is 4.51. The second-order valence-electron chi connectivity index (χ2n) is 5.06. The number of benzene rings is 1. The number of aromatic carboxylic acids is 1. The number of nitrogens with zero attached hydrogens (tertiary/aromatic N) is 1. The van der Waals surface area contributed by atoms with Crippen LogP contribution in [-0.4, -0.2) is 48.6 Å². The highest BCUT2D eigenvalue weighted by molar-refractivity contribution is 6.00. The minimum atomic E-state index is -1.08. The third-order valence-corrected chi connectivity index (χ3v) is 3.59. The van der Waals surface area contributed by atoms with E-state index in [2.05, 4.69) is 10.2 Å². The molecule has 0 aliphatic carbocycles. The van der Waals surface area contributed by atoms with Crippen molar-refractivity contribution in [1.82, 2.24) is 4.90 Å². The summed E-state index contributed by atoms with van der Waals surface area (Å²) >= 11 is 0. The molecular formula is C15H20N2O4. The number of methoxy groups -OCH3 is 1. The number of anilines is 1. The molecule has 0 unspecified atom stereocenters. The molecule has 1 saturated heterocycles. The number of carbonyl (C=O) groups is 2. The standard InChI is InChI=1S/C15H20N2O4/c1-21-11-4-5-12(15(19)20)13(10-11)16-14(18)6-9-17-7-2-3-8-17/h4-5,10H,2-3,6-9H2,1H3,(H,16,18)(H,19,20). The maximum Gasteiger partial charge on any atom is 0.337 e. The van der Waals surface area contributed by atoms with Crippen LogP contribution in [0.3, 0.4) is 0 Å². The lowest BCUT2D eigenvalue weighted by Crippen LogP contribution is -2.25. The van der Waals surface area contributed by atoms with Crippen LogP contribution in [0.1, 0.15) is 29.6 Å². The van der Waals surface area contributed by atoms with Crippen LogP contribution in [0.5, 0.6) is 5.75 Å². The highest BCUT2D eigenvalue weighted by atomic mass is 16.5. The molecule has 6 nitrogen and oxygen atoms in total. The smallest absolute Gasteiger partial charge is 0.337 e. The molecule has 6 heteroatoms. The van der Waals surface area contributed by atoms with E-state index >= 15 is 0 Å². The largest absolute Gasteiger partial charge is 0.497 e. The molecule has 1 aromatic carbocycles. The van der Waals surface area contributed by atoms with Gasteiger partial charge in [-0.05, 0) is 38.1 Å². The van der Waals surface area contributed by atoms with E-state index in [-0.39, 0.29) is 17.2 Å². The molecule has 1 heterocycles. The summed E-state index contributed by atoms with van der Waals surface area (Å²) in [5.74, 6) is -0.750. The van der Waals surface area contributed by atoms with E-state index in [0.717, 1.165) is 13.1 Å². The van der Waals surface area contributed by atoms with Gasteiger partial charge < -0.3 is 20.1 Å². The van der Waals surface area contributed by atoms with Gasteiger partial charge >= 0.3 is 5.97 Å². The van der Waals surface area contributed by atoms with E-state index in [1.807, 2.05) is 0 Å². The number of carboxylic acids is 1. The Balaban J connectivity index is 1.99. The average molecular weight is 292 g/mol. The first-order chi connectivity index (χ1) is 10.1. The van der Waals surface area contributed by atoms with Gasteiger partial charge in [0.15, 0.2) is 0 Å². The van der Waals surface area contributed by atoms with Crippen LogP contribution in [-0.2, 0) is 4.79 Å². The summed E-state index contributed by atoms with van der Waals surface area (Å²) in [5.41, 5.74) is 0.332. The monoisotopic (exact) mass is 292 g/mol. The Morgan fingerprint density at radius 1 is 1.33 bits per heavy atom. The number of ether oxygens (including phenoxy) is 1. The Hall–Kier alpha value is -2.08. The summed E-state index contributed by atoms with van der Waals surface area (Å²) in [7, 11) is 1.49. The first-order valence-corrected chi connectivity index (χ1v) is 7.03. The molecule has 0 aromatic heterocycles. The van der Waals surface area contributed by atoms with Gasteiger partial charge in [-0.15, -0.1) is 0 Å². The van der Waals surface area contributed by atoms with Crippen molar-refractivity contribution >= 4 is 17.6 Å². The van der Waals surface area contributed by atoms with Gasteiger partial charge in [0.25, 0.3) is 0 Å². The van der Waals surface area contributed by atoms with Crippen molar-refractivity contribution in [2.75, 3.05) is 32.1 Å². The van der Waals surface area contributed by atoms with Crippen LogP contribution >= 0.6 is 0 Å². The van der Waals surface area contributed by atoms with Gasteiger partial charge in [-0.3, -0.25) is 4.79 Å². The van der Waals surface area contributed by atoms with E-state index in [9.17, 15) is 9.59 Å². The third-order valence-electron chi connectivity index (χ3n) is 3.59. The topological polar surface area (TPSA) is 78.9 Å². The van der Waals surface area contributed by atoms with Gasteiger partial charge in [-0.2, -0.15) is 0 Å². The minimum absolute atomic E-state index is 0.0605. The maximum absolute atomic E-state index is 12.0. The van der Waals surface area contributed by atoms with E-state index in [4.69, 9.17) is 9.84 Å². The molecule has 2 rings (SSSR count). The first-order valence-electron chi connectivity index (χ1n) is 7.03. The fourth-order valence-electron chi connectivity index (χ4n) is 2.42. The molecule has 0 saturated carbocycles. The highest BCUT2D eigenvalue weighted by Gasteiger charge is 2.16. The van der Waals surface area contributed by atoms with Crippen molar-refractivity contribution in [2.24, 2.45) is 0 Å². The zero-order valence-electron chi connectivity index (χ0n) is 12.1. The molecule has 0 radical (unpaired) electrons. The summed E-state index contributed by atoms with van der Waals surface area (Å²) in [5, 5.41) is 11.8. The molecule has 114 valence electrons. The van der Waals surface area contributed by atoms with Crippen LogP contribution in [0.2, 0.25) is 0 Å². The van der Waals surface area contributed by atoms with Crippen LogP contribution in [0.4, 0.5) is 5.69 Å². The van der Waals surface area contributed by atoms with E-state index in [1.165, 1.54) is 32.1 Å². The number of carboxylic acid groups (broad SMARTS) is 1. The molecule has 0 bridgehead atoms. The number of likely N-dealkylation sites (tertiary alicyclic amines) is 1. The summed E-state index contributed by atoms with van der Waals surface area (Å²) in [6.07, 6.45) is 2.72. The summed E-state index contributed by atoms with van der Waals surface area (Å²) in [4.78, 5) is 25.4. The molecule has 21 heavy (non-hydrogen) atoms. The number of hydrogen-bond donors (Lipinski definition) is 2. The van der Waals surface area contributed by atoms with Gasteiger partial charge in [-0.1, -0.05) is 0 Å². The van der Waals surface area contributed by atoms with Crippen LogP contribution in [0, 0.1) is 0 Å². The minimum Gasteiger partial charge on any atom is -0.497 e. The average Bonchev–Trinajstić information content (AvgIpc) is 2.98. The van der Waals surface area contributed by atoms with E-state index in [1.54, 1.807) is 6.07 Å². The van der Waals surface area contributed by atoms with Crippen molar-refractivity contribution in [3.8, 4) is 5.75 Å². The lowest BCUT2D eigenvalue weighted by atomic mass is 10.1. The number of rotatable bonds is 6. The first kappa shape index (κ1) is 15.3. The summed E-state index contributed by atoms with van der Waals surface area (Å²) < 4.78 is 5.06. The Morgan fingerprint density at radius 2 is 2.05 bits per heavy atom. The molecule has 0 spiro atoms. The van der Waals surface area contributed by atoms with Gasteiger partial charge in [0.2, 0.25) is 5.91 Å². The Labute approximate surface area is 123 Å². The maximum atomic E-state index is 12.0. The molecule has 1 amide bonds. The van der Waals surface area contributed by atoms with Crippen molar-refractivity contribution in [2.45, 2.75) is 19.3 Å². The Bertz CT molecular complexity index is 524. The second kappa shape index (κ2) is 7.08. The molecule has 2 N–H and O–H groups in total. The zero-order valence-corrected chi connectivity index (χ0v) is 12.1. The lowest BCUT2D eigenvalue weighted by Gasteiger charge is -2.15. The van der Waals surface area contributed by atoms with Gasteiger partial charge in [0, 0.05) is 19.0 Å². The second-order valence-corrected chi connectivity index (χ2v) is 5.06. The number of hydrogen-bond acceptors (Lipinski definition) is 4. The number of nitrogens with one attached hydrogen (secondary N) is 1. The molecule has 1 aromatic rings. The highest BCUT2D eigenvalue weighted by Crippen LogP contribution is 2.23. The zero-order chi connectivity index (χ0) is 15.2. The van der Waals surface area contributed by atoms with Crippen LogP contribution in [0.15, 0.2) is 18.2 Å². The molecule has 0 atom stereocenters. The number of carbonyl (C=O) groups excluding carboxylic acids is 1. The molecule has 1 aliphatic heterocycles.